The first-order chi connectivity index (χ1) is 8.27. The van der Waals surface area contributed by atoms with E-state index >= 15 is 0 Å². The quantitative estimate of drug-likeness (QED) is 0.648. The van der Waals surface area contributed by atoms with Crippen molar-refractivity contribution in [2.45, 2.75) is 0 Å². The molecular formula is C12H6Cl2N2S. The number of benzene rings is 1. The second-order valence-electron chi connectivity index (χ2n) is 3.48. The Balaban J connectivity index is 2.39. The molecule has 0 fully saturated rings. The van der Waals surface area contributed by atoms with Gasteiger partial charge in [0, 0.05) is 10.8 Å². The highest BCUT2D eigenvalue weighted by Gasteiger charge is 2.13. The van der Waals surface area contributed by atoms with E-state index in [1.165, 1.54) is 0 Å². The van der Waals surface area contributed by atoms with E-state index in [4.69, 9.17) is 23.2 Å². The van der Waals surface area contributed by atoms with Crippen LogP contribution in [0.25, 0.3) is 21.3 Å². The Kier molecular flexibility index (Phi) is 2.74. The lowest BCUT2D eigenvalue weighted by atomic mass is 10.1. The summed E-state index contributed by atoms with van der Waals surface area (Å²) < 4.78 is 0. The molecule has 3 aromatic rings. The van der Waals surface area contributed by atoms with Gasteiger partial charge >= 0.3 is 0 Å². The van der Waals surface area contributed by atoms with Gasteiger partial charge in [-0.25, -0.2) is 0 Å². The van der Waals surface area contributed by atoms with Crippen LogP contribution in [0.15, 0.2) is 35.7 Å². The Morgan fingerprint density at radius 3 is 2.41 bits per heavy atom. The fraction of sp³-hybridized carbons (Fsp3) is 0. The molecule has 2 aromatic heterocycles. The van der Waals surface area contributed by atoms with Crippen LogP contribution in [0, 0.1) is 0 Å². The third-order valence-electron chi connectivity index (χ3n) is 2.47. The summed E-state index contributed by atoms with van der Waals surface area (Å²) in [6, 6.07) is 9.63. The average molecular weight is 281 g/mol. The van der Waals surface area contributed by atoms with Crippen molar-refractivity contribution in [2.75, 3.05) is 0 Å². The minimum atomic E-state index is 0.414. The maximum absolute atomic E-state index is 6.12. The van der Waals surface area contributed by atoms with Crippen LogP contribution in [0.3, 0.4) is 0 Å². The molecule has 0 amide bonds. The van der Waals surface area contributed by atoms with E-state index < -0.39 is 0 Å². The first kappa shape index (κ1) is 11.0. The van der Waals surface area contributed by atoms with Crippen LogP contribution in [0.1, 0.15) is 0 Å². The van der Waals surface area contributed by atoms with Gasteiger partial charge in [-0.3, -0.25) is 0 Å². The van der Waals surface area contributed by atoms with Gasteiger partial charge in [-0.1, -0.05) is 47.5 Å². The molecule has 0 aliphatic rings. The first-order valence-electron chi connectivity index (χ1n) is 4.91. The zero-order valence-electron chi connectivity index (χ0n) is 8.52. The van der Waals surface area contributed by atoms with Gasteiger partial charge in [0.25, 0.3) is 0 Å². The Morgan fingerprint density at radius 2 is 1.71 bits per heavy atom. The van der Waals surface area contributed by atoms with Gasteiger partial charge in [0.2, 0.25) is 0 Å². The molecule has 0 bridgehead atoms. The second-order valence-corrected chi connectivity index (χ2v) is 5.16. The molecule has 3 rings (SSSR count). The molecule has 0 radical (unpaired) electrons. The summed E-state index contributed by atoms with van der Waals surface area (Å²) in [6.07, 6.45) is 0. The fourth-order valence-corrected chi connectivity index (χ4v) is 3.05. The summed E-state index contributed by atoms with van der Waals surface area (Å²) >= 11 is 13.7. The molecule has 2 nitrogen and oxygen atoms in total. The number of thiophene rings is 1. The normalized spacial score (nSPS) is 10.9. The molecular weight excluding hydrogens is 275 g/mol. The van der Waals surface area contributed by atoms with E-state index in [1.54, 1.807) is 11.3 Å². The van der Waals surface area contributed by atoms with Crippen LogP contribution in [0.2, 0.25) is 10.2 Å². The van der Waals surface area contributed by atoms with Crippen LogP contribution < -0.4 is 0 Å². The van der Waals surface area contributed by atoms with E-state index in [0.717, 1.165) is 21.3 Å². The van der Waals surface area contributed by atoms with Gasteiger partial charge < -0.3 is 0 Å². The molecule has 0 unspecified atom stereocenters. The lowest BCUT2D eigenvalue weighted by Gasteiger charge is -2.04. The Bertz CT molecular complexity index is 694. The summed E-state index contributed by atoms with van der Waals surface area (Å²) in [6.45, 7) is 0. The Hall–Kier alpha value is -1.16. The zero-order valence-corrected chi connectivity index (χ0v) is 10.9. The molecule has 0 aliphatic heterocycles. The van der Waals surface area contributed by atoms with Crippen molar-refractivity contribution in [1.82, 2.24) is 10.2 Å². The number of halogens is 2. The Labute approximate surface area is 112 Å². The molecule has 1 aromatic carbocycles. The molecule has 0 N–H and O–H groups in total. The van der Waals surface area contributed by atoms with Crippen molar-refractivity contribution in [1.29, 1.82) is 0 Å². The molecule has 84 valence electrons. The third kappa shape index (κ3) is 1.80. The van der Waals surface area contributed by atoms with Crippen LogP contribution in [-0.4, -0.2) is 10.2 Å². The molecule has 2 heterocycles. The van der Waals surface area contributed by atoms with Crippen LogP contribution in [0.4, 0.5) is 0 Å². The average Bonchev–Trinajstić information content (AvgIpc) is 2.77. The molecule has 0 aliphatic carbocycles. The van der Waals surface area contributed by atoms with Crippen LogP contribution >= 0.6 is 34.5 Å². The van der Waals surface area contributed by atoms with Crippen molar-refractivity contribution in [2.24, 2.45) is 0 Å². The molecule has 0 atom stereocenters. The number of hydrogen-bond acceptors (Lipinski definition) is 3. The number of aromatic nitrogens is 2. The highest BCUT2D eigenvalue weighted by molar-refractivity contribution is 7.14. The Morgan fingerprint density at radius 1 is 0.941 bits per heavy atom. The number of nitrogens with zero attached hydrogens (tertiary/aromatic N) is 2. The van der Waals surface area contributed by atoms with Crippen LogP contribution in [0.5, 0.6) is 0 Å². The smallest absolute Gasteiger partial charge is 0.147 e. The lowest BCUT2D eigenvalue weighted by Crippen LogP contribution is -1.90. The van der Waals surface area contributed by atoms with E-state index in [9.17, 15) is 0 Å². The van der Waals surface area contributed by atoms with E-state index in [0.29, 0.717) is 10.2 Å². The van der Waals surface area contributed by atoms with E-state index in [1.807, 2.05) is 35.7 Å². The maximum atomic E-state index is 6.12. The monoisotopic (exact) mass is 280 g/mol. The van der Waals surface area contributed by atoms with Crippen molar-refractivity contribution < 1.29 is 0 Å². The minimum absolute atomic E-state index is 0.414. The van der Waals surface area contributed by atoms with Crippen molar-refractivity contribution in [3.8, 4) is 10.6 Å². The summed E-state index contributed by atoms with van der Waals surface area (Å²) in [5.74, 6) is 0. The maximum Gasteiger partial charge on any atom is 0.159 e. The van der Waals surface area contributed by atoms with Crippen molar-refractivity contribution in [3.63, 3.8) is 0 Å². The molecule has 5 heteroatoms. The highest BCUT2D eigenvalue weighted by Crippen LogP contribution is 2.36. The third-order valence-corrected chi connectivity index (χ3v) is 4.10. The molecule has 0 spiro atoms. The van der Waals surface area contributed by atoms with Gasteiger partial charge in [-0.15, -0.1) is 21.5 Å². The highest BCUT2D eigenvalue weighted by atomic mass is 35.5. The zero-order chi connectivity index (χ0) is 11.8. The van der Waals surface area contributed by atoms with Gasteiger partial charge in [0.1, 0.15) is 5.69 Å². The largest absolute Gasteiger partial charge is 0.159 e. The van der Waals surface area contributed by atoms with Crippen molar-refractivity contribution in [3.05, 3.63) is 45.9 Å². The first-order valence-corrected chi connectivity index (χ1v) is 6.55. The van der Waals surface area contributed by atoms with E-state index in [-0.39, 0.29) is 0 Å². The van der Waals surface area contributed by atoms with Gasteiger partial charge in [0.15, 0.2) is 5.15 Å². The van der Waals surface area contributed by atoms with Crippen molar-refractivity contribution >= 4 is 45.3 Å². The standard InChI is InChI=1S/C12H6Cl2N2S/c13-9-5-6-17-11(9)10-7-3-1-2-4-8(7)12(14)16-15-10/h1-6H. The predicted octanol–water partition coefficient (Wildman–Crippen LogP) is 4.67. The molecule has 0 saturated carbocycles. The number of rotatable bonds is 1. The lowest BCUT2D eigenvalue weighted by molar-refractivity contribution is 1.06. The van der Waals surface area contributed by atoms with E-state index in [2.05, 4.69) is 10.2 Å². The molecule has 0 saturated heterocycles. The number of fused-ring (bicyclic) bond motifs is 1. The fourth-order valence-electron chi connectivity index (χ4n) is 1.70. The topological polar surface area (TPSA) is 25.8 Å². The summed E-state index contributed by atoms with van der Waals surface area (Å²) in [7, 11) is 0. The van der Waals surface area contributed by atoms with Gasteiger partial charge in [-0.05, 0) is 11.4 Å². The summed E-state index contributed by atoms with van der Waals surface area (Å²) in [4.78, 5) is 0.923. The predicted molar refractivity (Wildman–Crippen MR) is 72.9 cm³/mol. The minimum Gasteiger partial charge on any atom is -0.147 e. The molecule has 17 heavy (non-hydrogen) atoms. The van der Waals surface area contributed by atoms with Crippen LogP contribution in [-0.2, 0) is 0 Å². The van der Waals surface area contributed by atoms with Gasteiger partial charge in [-0.2, -0.15) is 0 Å². The summed E-state index contributed by atoms with van der Waals surface area (Å²) in [5, 5.41) is 13.0. The number of hydrogen-bond donors (Lipinski definition) is 0. The van der Waals surface area contributed by atoms with Gasteiger partial charge in [0.05, 0.1) is 9.90 Å². The summed E-state index contributed by atoms with van der Waals surface area (Å²) in [5.41, 5.74) is 0.782. The second kappa shape index (κ2) is 4.26. The SMILES string of the molecule is Clc1ccsc1-c1nnc(Cl)c2ccccc12.